The third-order valence-electron chi connectivity index (χ3n) is 3.71. The number of carbonyl (C=O) groups is 3. The Kier molecular flexibility index (Phi) is 9.09. The van der Waals surface area contributed by atoms with Crippen LogP contribution in [-0.4, -0.2) is 61.8 Å². The van der Waals surface area contributed by atoms with Crippen LogP contribution in [-0.2, 0) is 22.4 Å². The molecule has 0 unspecified atom stereocenters. The summed E-state index contributed by atoms with van der Waals surface area (Å²) in [5, 5.41) is 47.4. The van der Waals surface area contributed by atoms with Crippen LogP contribution in [0.2, 0.25) is 0 Å². The van der Waals surface area contributed by atoms with Crippen molar-refractivity contribution in [2.24, 2.45) is 0 Å². The summed E-state index contributed by atoms with van der Waals surface area (Å²) in [6.07, 6.45) is 1.20. The molecule has 1 aromatic carbocycles. The minimum absolute atomic E-state index is 0.0579. The highest BCUT2D eigenvalue weighted by Gasteiger charge is 2.27. The number of nitrogen functional groups attached to an aromatic ring is 1. The van der Waals surface area contributed by atoms with Crippen molar-refractivity contribution in [3.63, 3.8) is 0 Å². The normalized spacial score (nSPS) is 10.8. The molecule has 0 aliphatic rings. The van der Waals surface area contributed by atoms with E-state index in [0.29, 0.717) is 11.4 Å². The summed E-state index contributed by atoms with van der Waals surface area (Å²) in [7, 11) is -1.91. The van der Waals surface area contributed by atoms with Gasteiger partial charge in [-0.2, -0.15) is 0 Å². The number of benzene rings is 1. The van der Waals surface area contributed by atoms with Crippen LogP contribution in [0.15, 0.2) is 36.5 Å². The first-order chi connectivity index (χ1) is 13.7. The van der Waals surface area contributed by atoms with Crippen molar-refractivity contribution in [2.45, 2.75) is 18.8 Å². The van der Waals surface area contributed by atoms with Gasteiger partial charge in [0.15, 0.2) is 0 Å². The fraction of sp³-hybridized carbons (Fsp3) is 0.176. The topological polar surface area (TPSA) is 203 Å². The number of anilines is 1. The standard InChI is InChI=1S/C16H18BN3O6.CH2O2/c18-13-5-4-9(8-19-13)6-14(21)20-12(17(25)26)7-10-2-1-3-11(15(10)22)16(23)24;2-1-3/h1-5,8,12,22,25-26H,6-7H2,(H2,18,19)(H,20,21)(H,23,24);1H,(H,2,3)/t12-;/m0./s1. The molecule has 12 heteroatoms. The summed E-state index contributed by atoms with van der Waals surface area (Å²) in [4.78, 5) is 35.4. The minimum Gasteiger partial charge on any atom is -0.507 e. The van der Waals surface area contributed by atoms with Gasteiger partial charge in [0, 0.05) is 6.20 Å². The van der Waals surface area contributed by atoms with Crippen molar-refractivity contribution < 1.29 is 39.8 Å². The number of aromatic hydroxyl groups is 1. The lowest BCUT2D eigenvalue weighted by Gasteiger charge is -2.19. The highest BCUT2D eigenvalue weighted by molar-refractivity contribution is 6.43. The zero-order valence-electron chi connectivity index (χ0n) is 15.1. The Labute approximate surface area is 165 Å². The number of para-hydroxylation sites is 1. The van der Waals surface area contributed by atoms with Crippen LogP contribution >= 0.6 is 0 Å². The molecule has 1 heterocycles. The quantitative estimate of drug-likeness (QED) is 0.222. The molecular formula is C17H20BN3O8. The van der Waals surface area contributed by atoms with Gasteiger partial charge in [-0.25, -0.2) is 9.78 Å². The zero-order chi connectivity index (χ0) is 22.0. The summed E-state index contributed by atoms with van der Waals surface area (Å²) in [6, 6.07) is 7.23. The average Bonchev–Trinajstić information content (AvgIpc) is 2.65. The number of phenols is 1. The van der Waals surface area contributed by atoms with Gasteiger partial charge in [0.2, 0.25) is 5.91 Å². The fourth-order valence-corrected chi connectivity index (χ4v) is 2.38. The van der Waals surface area contributed by atoms with Crippen LogP contribution < -0.4 is 11.1 Å². The summed E-state index contributed by atoms with van der Waals surface area (Å²) in [6.45, 7) is -0.250. The fourth-order valence-electron chi connectivity index (χ4n) is 2.38. The highest BCUT2D eigenvalue weighted by atomic mass is 16.4. The number of nitrogens with zero attached hydrogens (tertiary/aromatic N) is 1. The van der Waals surface area contributed by atoms with E-state index in [9.17, 15) is 24.7 Å². The monoisotopic (exact) mass is 405 g/mol. The second-order valence-corrected chi connectivity index (χ2v) is 5.78. The molecular weight excluding hydrogens is 385 g/mol. The highest BCUT2D eigenvalue weighted by Crippen LogP contribution is 2.24. The molecule has 154 valence electrons. The number of hydrogen-bond acceptors (Lipinski definition) is 8. The molecule has 0 bridgehead atoms. The van der Waals surface area contributed by atoms with E-state index in [4.69, 9.17) is 20.7 Å². The van der Waals surface area contributed by atoms with Crippen LogP contribution in [0.3, 0.4) is 0 Å². The molecule has 11 nitrogen and oxygen atoms in total. The second-order valence-electron chi connectivity index (χ2n) is 5.78. The summed E-state index contributed by atoms with van der Waals surface area (Å²) < 4.78 is 0. The number of pyridine rings is 1. The number of rotatable bonds is 7. The molecule has 0 radical (unpaired) electrons. The van der Waals surface area contributed by atoms with E-state index >= 15 is 0 Å². The van der Waals surface area contributed by atoms with Crippen LogP contribution in [0.25, 0.3) is 0 Å². The Morgan fingerprint density at radius 2 is 1.90 bits per heavy atom. The number of aromatic nitrogens is 1. The molecule has 1 aromatic heterocycles. The lowest BCUT2D eigenvalue weighted by molar-refractivity contribution is -0.123. The maximum absolute atomic E-state index is 12.1. The van der Waals surface area contributed by atoms with Gasteiger partial charge in [0.05, 0.1) is 12.4 Å². The third-order valence-corrected chi connectivity index (χ3v) is 3.71. The number of aromatic carboxylic acids is 1. The summed E-state index contributed by atoms with van der Waals surface area (Å²) >= 11 is 0. The largest absolute Gasteiger partial charge is 0.507 e. The number of carboxylic acids is 1. The number of amides is 1. The molecule has 1 atom stereocenters. The van der Waals surface area contributed by atoms with E-state index in [1.54, 1.807) is 6.07 Å². The van der Waals surface area contributed by atoms with E-state index in [2.05, 4.69) is 10.3 Å². The molecule has 29 heavy (non-hydrogen) atoms. The molecule has 0 spiro atoms. The smallest absolute Gasteiger partial charge is 0.475 e. The van der Waals surface area contributed by atoms with Gasteiger partial charge in [0.25, 0.3) is 6.47 Å². The van der Waals surface area contributed by atoms with Gasteiger partial charge in [-0.1, -0.05) is 18.2 Å². The molecule has 0 saturated heterocycles. The van der Waals surface area contributed by atoms with Crippen LogP contribution in [0.5, 0.6) is 5.75 Å². The van der Waals surface area contributed by atoms with E-state index in [1.165, 1.54) is 30.5 Å². The van der Waals surface area contributed by atoms with E-state index in [1.807, 2.05) is 0 Å². The Morgan fingerprint density at radius 3 is 2.41 bits per heavy atom. The third kappa shape index (κ3) is 7.48. The van der Waals surface area contributed by atoms with Crippen molar-refractivity contribution in [1.82, 2.24) is 10.3 Å². The van der Waals surface area contributed by atoms with Crippen molar-refractivity contribution in [3.05, 3.63) is 53.2 Å². The Morgan fingerprint density at radius 1 is 1.24 bits per heavy atom. The SMILES string of the molecule is Nc1ccc(CC(=O)N[C@@H](Cc2cccc(C(=O)O)c2O)B(O)O)cn1.O=CO. The van der Waals surface area contributed by atoms with Gasteiger partial charge in [-0.15, -0.1) is 0 Å². The van der Waals surface area contributed by atoms with Crippen molar-refractivity contribution in [1.29, 1.82) is 0 Å². The minimum atomic E-state index is -1.91. The number of hydrogen-bond donors (Lipinski definition) is 7. The molecule has 0 fully saturated rings. The van der Waals surface area contributed by atoms with Crippen LogP contribution in [0, 0.1) is 0 Å². The lowest BCUT2D eigenvalue weighted by atomic mass is 9.75. The molecule has 0 saturated carbocycles. The Balaban J connectivity index is 0.00000132. The first-order valence-electron chi connectivity index (χ1n) is 8.17. The van der Waals surface area contributed by atoms with Crippen molar-refractivity contribution in [2.75, 3.05) is 5.73 Å². The van der Waals surface area contributed by atoms with Gasteiger partial charge in [-0.3, -0.25) is 9.59 Å². The van der Waals surface area contributed by atoms with Crippen LogP contribution in [0.4, 0.5) is 5.82 Å². The number of carboxylic acid groups (broad SMARTS) is 2. The van der Waals surface area contributed by atoms with Gasteiger partial charge in [0.1, 0.15) is 17.1 Å². The number of carbonyl (C=O) groups excluding carboxylic acids is 1. The zero-order valence-corrected chi connectivity index (χ0v) is 15.1. The lowest BCUT2D eigenvalue weighted by Crippen LogP contribution is -2.48. The molecule has 2 aromatic rings. The predicted molar refractivity (Wildman–Crippen MR) is 102 cm³/mol. The molecule has 0 aliphatic heterocycles. The van der Waals surface area contributed by atoms with Crippen molar-refractivity contribution in [3.8, 4) is 5.75 Å². The predicted octanol–water partition coefficient (Wildman–Crippen LogP) is -0.950. The first kappa shape index (κ1) is 23.4. The second kappa shape index (κ2) is 11.3. The maximum atomic E-state index is 12.1. The molecule has 8 N–H and O–H groups in total. The maximum Gasteiger partial charge on any atom is 0.475 e. The van der Waals surface area contributed by atoms with E-state index < -0.39 is 30.7 Å². The molecule has 0 aliphatic carbocycles. The number of nitrogens with two attached hydrogens (primary N) is 1. The molecule has 2 rings (SSSR count). The number of nitrogens with one attached hydrogen (secondary N) is 1. The van der Waals surface area contributed by atoms with Crippen molar-refractivity contribution >= 4 is 31.3 Å². The van der Waals surface area contributed by atoms with Gasteiger partial charge < -0.3 is 36.4 Å². The van der Waals surface area contributed by atoms with E-state index in [-0.39, 0.29) is 30.4 Å². The molecule has 1 amide bonds. The van der Waals surface area contributed by atoms with E-state index in [0.717, 1.165) is 0 Å². The Bertz CT molecular complexity index is 845. The summed E-state index contributed by atoms with van der Waals surface area (Å²) in [5.74, 6) is -3.12. The summed E-state index contributed by atoms with van der Waals surface area (Å²) in [5.41, 5.74) is 5.90. The first-order valence-corrected chi connectivity index (χ1v) is 8.17. The van der Waals surface area contributed by atoms with Crippen LogP contribution in [0.1, 0.15) is 21.5 Å². The van der Waals surface area contributed by atoms with Gasteiger partial charge >= 0.3 is 13.1 Å². The van der Waals surface area contributed by atoms with Gasteiger partial charge in [-0.05, 0) is 29.7 Å². The average molecular weight is 405 g/mol. The Hall–Kier alpha value is -3.64.